The molecule has 0 aliphatic rings. The zero-order chi connectivity index (χ0) is 22.9. The quantitative estimate of drug-likeness (QED) is 0.0909. The summed E-state index contributed by atoms with van der Waals surface area (Å²) in [5, 5.41) is 2.39. The van der Waals surface area contributed by atoms with Gasteiger partial charge in [-0.3, -0.25) is 24.0 Å². The first-order valence-electron chi connectivity index (χ1n) is 9.50. The normalized spacial score (nSPS) is 11.1. The standard InChI is InChI=1S/C20H31N3O7/c1-15(2)11-17(16(3)23(4)14-25)18(26)12-22-30-10-9-29-20(28)13-21-19(27)7-5-6-8-24/h8,11,14,22H,5-7,9-10,12-13H2,1-4H3,(H,21,27)/b17-16+. The Bertz CT molecular complexity index is 667. The molecule has 0 rings (SSSR count). The number of carbonyl (C=O) groups is 5. The average Bonchev–Trinajstić information content (AvgIpc) is 2.71. The minimum Gasteiger partial charge on any atom is -0.462 e. The van der Waals surface area contributed by atoms with Crippen LogP contribution in [-0.4, -0.2) is 68.6 Å². The molecule has 0 aliphatic heterocycles. The van der Waals surface area contributed by atoms with Crippen molar-refractivity contribution >= 4 is 30.4 Å². The highest BCUT2D eigenvalue weighted by molar-refractivity contribution is 6.00. The molecular weight excluding hydrogens is 394 g/mol. The van der Waals surface area contributed by atoms with Crippen LogP contribution in [-0.2, 0) is 33.5 Å². The van der Waals surface area contributed by atoms with E-state index < -0.39 is 5.97 Å². The second kappa shape index (κ2) is 16.0. The summed E-state index contributed by atoms with van der Waals surface area (Å²) in [7, 11) is 1.56. The number of unbranched alkanes of at least 4 members (excludes halogenated alkanes) is 1. The van der Waals surface area contributed by atoms with Crippen LogP contribution in [0.4, 0.5) is 0 Å². The molecule has 0 aromatic carbocycles. The number of amides is 2. The number of esters is 1. The van der Waals surface area contributed by atoms with Crippen molar-refractivity contribution in [1.82, 2.24) is 15.7 Å². The number of rotatable bonds is 16. The van der Waals surface area contributed by atoms with E-state index in [-0.39, 0.29) is 44.4 Å². The van der Waals surface area contributed by atoms with Crippen LogP contribution in [0.15, 0.2) is 22.9 Å². The topological polar surface area (TPSA) is 131 Å². The Kier molecular flexibility index (Phi) is 14.5. The van der Waals surface area contributed by atoms with Crippen LogP contribution in [0.25, 0.3) is 0 Å². The maximum Gasteiger partial charge on any atom is 0.325 e. The molecule has 0 fully saturated rings. The molecule has 0 unspecified atom stereocenters. The maximum atomic E-state index is 12.4. The fraction of sp³-hybridized carbons (Fsp3) is 0.550. The fourth-order valence-corrected chi connectivity index (χ4v) is 2.08. The third-order valence-electron chi connectivity index (χ3n) is 3.75. The van der Waals surface area contributed by atoms with Crippen molar-refractivity contribution in [3.05, 3.63) is 22.9 Å². The van der Waals surface area contributed by atoms with Gasteiger partial charge in [0, 0.05) is 31.2 Å². The zero-order valence-electron chi connectivity index (χ0n) is 18.0. The van der Waals surface area contributed by atoms with E-state index in [1.807, 2.05) is 13.8 Å². The minimum atomic E-state index is -0.625. The summed E-state index contributed by atoms with van der Waals surface area (Å²) in [6.07, 6.45) is 3.93. The Labute approximate surface area is 176 Å². The van der Waals surface area contributed by atoms with Gasteiger partial charge in [-0.2, -0.15) is 5.48 Å². The lowest BCUT2D eigenvalue weighted by Gasteiger charge is -2.15. The number of Topliss-reactive ketones (excluding diaryl/α,β-unsaturated/α-hetero) is 1. The number of allylic oxidation sites excluding steroid dienone is 3. The lowest BCUT2D eigenvalue weighted by molar-refractivity contribution is -0.146. The first-order valence-corrected chi connectivity index (χ1v) is 9.50. The number of hydrogen-bond acceptors (Lipinski definition) is 8. The molecule has 2 amide bonds. The van der Waals surface area contributed by atoms with Crippen LogP contribution in [0.3, 0.4) is 0 Å². The highest BCUT2D eigenvalue weighted by Gasteiger charge is 2.13. The number of ketones is 1. The third kappa shape index (κ3) is 12.6. The Morgan fingerprint density at radius 3 is 2.33 bits per heavy atom. The van der Waals surface area contributed by atoms with E-state index in [4.69, 9.17) is 9.57 Å². The summed E-state index contributed by atoms with van der Waals surface area (Å²) in [5.41, 5.74) is 4.30. The van der Waals surface area contributed by atoms with E-state index >= 15 is 0 Å². The molecule has 0 saturated carbocycles. The summed E-state index contributed by atoms with van der Waals surface area (Å²) in [4.78, 5) is 62.8. The molecule has 168 valence electrons. The largest absolute Gasteiger partial charge is 0.462 e. The van der Waals surface area contributed by atoms with Gasteiger partial charge in [-0.1, -0.05) is 11.6 Å². The summed E-state index contributed by atoms with van der Waals surface area (Å²) >= 11 is 0. The van der Waals surface area contributed by atoms with E-state index in [1.54, 1.807) is 20.0 Å². The van der Waals surface area contributed by atoms with Gasteiger partial charge in [-0.05, 0) is 27.2 Å². The first kappa shape index (κ1) is 27.1. The molecule has 0 atom stereocenters. The van der Waals surface area contributed by atoms with Gasteiger partial charge in [-0.25, -0.2) is 0 Å². The Hall–Kier alpha value is -2.85. The van der Waals surface area contributed by atoms with Crippen LogP contribution < -0.4 is 10.8 Å². The van der Waals surface area contributed by atoms with E-state index in [0.717, 1.165) is 11.9 Å². The third-order valence-corrected chi connectivity index (χ3v) is 3.75. The van der Waals surface area contributed by atoms with Crippen molar-refractivity contribution in [1.29, 1.82) is 0 Å². The number of hydroxylamine groups is 1. The average molecular weight is 425 g/mol. The molecule has 0 bridgehead atoms. The molecule has 0 aromatic rings. The molecule has 30 heavy (non-hydrogen) atoms. The Morgan fingerprint density at radius 1 is 1.03 bits per heavy atom. The SMILES string of the molecule is CC(C)=C/C(C(=O)CNOCCOC(=O)CNC(=O)CCCC=O)=C(/C)N(C)C=O. The van der Waals surface area contributed by atoms with Gasteiger partial charge in [0.15, 0.2) is 5.78 Å². The van der Waals surface area contributed by atoms with E-state index in [1.165, 1.54) is 4.90 Å². The second-order valence-electron chi connectivity index (χ2n) is 6.59. The number of ether oxygens (including phenoxy) is 1. The summed E-state index contributed by atoms with van der Waals surface area (Å²) < 4.78 is 4.89. The molecule has 0 heterocycles. The van der Waals surface area contributed by atoms with Gasteiger partial charge < -0.3 is 19.7 Å². The van der Waals surface area contributed by atoms with Gasteiger partial charge in [0.2, 0.25) is 12.3 Å². The number of nitrogens with one attached hydrogen (secondary N) is 2. The van der Waals surface area contributed by atoms with E-state index in [2.05, 4.69) is 10.8 Å². The molecule has 2 N–H and O–H groups in total. The summed E-state index contributed by atoms with van der Waals surface area (Å²) in [6.45, 7) is 4.88. The molecule has 0 aromatic heterocycles. The number of aldehydes is 1. The number of carbonyl (C=O) groups excluding carboxylic acids is 5. The van der Waals surface area contributed by atoms with Gasteiger partial charge in [0.1, 0.15) is 26.0 Å². The van der Waals surface area contributed by atoms with Crippen molar-refractivity contribution < 1.29 is 33.5 Å². The molecular formula is C20H31N3O7. The van der Waals surface area contributed by atoms with Crippen LogP contribution in [0, 0.1) is 0 Å². The first-order chi connectivity index (χ1) is 14.2. The van der Waals surface area contributed by atoms with Crippen LogP contribution >= 0.6 is 0 Å². The van der Waals surface area contributed by atoms with Crippen molar-refractivity contribution in [2.75, 3.05) is 33.4 Å². The van der Waals surface area contributed by atoms with Crippen molar-refractivity contribution in [3.8, 4) is 0 Å². The van der Waals surface area contributed by atoms with E-state index in [9.17, 15) is 24.0 Å². The lowest BCUT2D eigenvalue weighted by Crippen LogP contribution is -2.31. The predicted molar refractivity (Wildman–Crippen MR) is 109 cm³/mol. The van der Waals surface area contributed by atoms with Crippen molar-refractivity contribution in [2.45, 2.75) is 40.0 Å². The smallest absolute Gasteiger partial charge is 0.325 e. The van der Waals surface area contributed by atoms with Gasteiger partial charge in [0.05, 0.1) is 6.54 Å². The second-order valence-corrected chi connectivity index (χ2v) is 6.59. The van der Waals surface area contributed by atoms with Crippen LogP contribution in [0.1, 0.15) is 40.0 Å². The summed E-state index contributed by atoms with van der Waals surface area (Å²) in [6, 6.07) is 0. The van der Waals surface area contributed by atoms with Crippen LogP contribution in [0.2, 0.25) is 0 Å². The van der Waals surface area contributed by atoms with Gasteiger partial charge >= 0.3 is 5.97 Å². The monoisotopic (exact) mass is 425 g/mol. The number of nitrogens with zero attached hydrogens (tertiary/aromatic N) is 1. The zero-order valence-corrected chi connectivity index (χ0v) is 18.0. The Morgan fingerprint density at radius 2 is 1.73 bits per heavy atom. The Balaban J connectivity index is 4.19. The fourth-order valence-electron chi connectivity index (χ4n) is 2.08. The highest BCUT2D eigenvalue weighted by atomic mass is 16.7. The van der Waals surface area contributed by atoms with Crippen molar-refractivity contribution in [2.24, 2.45) is 0 Å². The predicted octanol–water partition coefficient (Wildman–Crippen LogP) is 0.434. The highest BCUT2D eigenvalue weighted by Crippen LogP contribution is 2.12. The molecule has 0 spiro atoms. The molecule has 10 heteroatoms. The van der Waals surface area contributed by atoms with Crippen molar-refractivity contribution in [3.63, 3.8) is 0 Å². The van der Waals surface area contributed by atoms with Gasteiger partial charge in [-0.15, -0.1) is 0 Å². The summed E-state index contributed by atoms with van der Waals surface area (Å²) in [5.74, 6) is -1.22. The molecule has 0 aliphatic carbocycles. The van der Waals surface area contributed by atoms with E-state index in [0.29, 0.717) is 30.5 Å². The molecule has 0 saturated heterocycles. The molecule has 0 radical (unpaired) electrons. The van der Waals surface area contributed by atoms with Gasteiger partial charge in [0.25, 0.3) is 0 Å². The van der Waals surface area contributed by atoms with Crippen LogP contribution in [0.5, 0.6) is 0 Å². The minimum absolute atomic E-state index is 0.00121. The lowest BCUT2D eigenvalue weighted by atomic mass is 10.1. The maximum absolute atomic E-state index is 12.4. The molecule has 10 nitrogen and oxygen atoms in total. The number of hydrogen-bond donors (Lipinski definition) is 2.